The first-order chi connectivity index (χ1) is 27.0. The summed E-state index contributed by atoms with van der Waals surface area (Å²) in [6.45, 7) is 0.661. The summed E-state index contributed by atoms with van der Waals surface area (Å²) in [6.07, 6.45) is -3.26. The van der Waals surface area contributed by atoms with Crippen molar-refractivity contribution in [3.05, 3.63) is 166 Å². The number of aryl methyl sites for hydroxylation is 1. The predicted molar refractivity (Wildman–Crippen MR) is 200 cm³/mol. The van der Waals surface area contributed by atoms with Crippen LogP contribution in [0, 0.1) is 5.82 Å². The lowest BCUT2D eigenvalue weighted by Crippen LogP contribution is -2.38. The van der Waals surface area contributed by atoms with Crippen molar-refractivity contribution in [3.8, 4) is 22.6 Å². The van der Waals surface area contributed by atoms with E-state index in [1.54, 1.807) is 13.3 Å². The van der Waals surface area contributed by atoms with Gasteiger partial charge in [0.2, 0.25) is 0 Å². The summed E-state index contributed by atoms with van der Waals surface area (Å²) < 4.78 is 79.6. The summed E-state index contributed by atoms with van der Waals surface area (Å²) in [4.78, 5) is 25.6. The molecular weight excluding hydrogens is 730 g/mol. The van der Waals surface area contributed by atoms with Crippen LogP contribution in [-0.4, -0.2) is 43.6 Å². The van der Waals surface area contributed by atoms with E-state index >= 15 is 4.39 Å². The van der Waals surface area contributed by atoms with Crippen LogP contribution in [0.3, 0.4) is 0 Å². The maximum atomic E-state index is 16.3. The van der Waals surface area contributed by atoms with Crippen LogP contribution in [0.1, 0.15) is 35.0 Å². The highest BCUT2D eigenvalue weighted by molar-refractivity contribution is 5.94. The Balaban J connectivity index is 1.33. The minimum Gasteiger partial charge on any atom is -0.493 e. The number of esters is 1. The van der Waals surface area contributed by atoms with Crippen molar-refractivity contribution in [1.29, 1.82) is 0 Å². The Hall–Kier alpha value is -6.70. The molecule has 0 atom stereocenters. The van der Waals surface area contributed by atoms with Gasteiger partial charge in [0.15, 0.2) is 23.1 Å². The van der Waals surface area contributed by atoms with Gasteiger partial charge in [-0.3, -0.25) is 18.5 Å². The number of hydrogen-bond acceptors (Lipinski definition) is 7. The Bertz CT molecular complexity index is 2470. The highest BCUT2D eigenvalue weighted by atomic mass is 19.4. The van der Waals surface area contributed by atoms with Gasteiger partial charge in [0, 0.05) is 12.6 Å². The van der Waals surface area contributed by atoms with Crippen molar-refractivity contribution >= 4 is 17.0 Å². The lowest BCUT2D eigenvalue weighted by Gasteiger charge is -2.38. The van der Waals surface area contributed by atoms with Gasteiger partial charge in [-0.25, -0.2) is 9.18 Å². The van der Waals surface area contributed by atoms with Crippen molar-refractivity contribution in [2.45, 2.75) is 31.8 Å². The Morgan fingerprint density at radius 1 is 0.821 bits per heavy atom. The van der Waals surface area contributed by atoms with Crippen molar-refractivity contribution in [2.75, 3.05) is 13.7 Å². The molecule has 10 nitrogen and oxygen atoms in total. The molecule has 0 bridgehead atoms. The van der Waals surface area contributed by atoms with Crippen LogP contribution in [-0.2, 0) is 41.4 Å². The Labute approximate surface area is 318 Å². The number of methoxy groups -OCH3 is 1. The van der Waals surface area contributed by atoms with Gasteiger partial charge in [-0.2, -0.15) is 13.2 Å². The highest BCUT2D eigenvalue weighted by Gasteiger charge is 2.40. The number of benzene rings is 5. The van der Waals surface area contributed by atoms with Crippen LogP contribution >= 0.6 is 0 Å². The summed E-state index contributed by atoms with van der Waals surface area (Å²) in [5, 5.41) is 8.65. The first-order valence-electron chi connectivity index (χ1n) is 17.5. The second-order valence-corrected chi connectivity index (χ2v) is 12.8. The van der Waals surface area contributed by atoms with Crippen LogP contribution in [0.25, 0.3) is 22.2 Å². The number of ether oxygens (including phenoxy) is 3. The number of rotatable bonds is 12. The molecule has 7 rings (SSSR count). The molecule has 0 unspecified atom stereocenters. The SMILES string of the molecule is CCOC(=O)Cn1c(=O)n(C)c2c(-c3cc(F)c(OCc4nncn4C(c4ccccc4)(c4ccccc4)c4ccccc4)c(OC)c3)cc(C(F)(F)F)cc21. The van der Waals surface area contributed by atoms with E-state index in [1.807, 2.05) is 95.6 Å². The topological polar surface area (TPSA) is 102 Å². The molecule has 0 spiro atoms. The molecule has 0 radical (unpaired) electrons. The van der Waals surface area contributed by atoms with Gasteiger partial charge in [0.1, 0.15) is 25.0 Å². The third-order valence-corrected chi connectivity index (χ3v) is 9.59. The summed E-state index contributed by atoms with van der Waals surface area (Å²) in [5.74, 6) is -1.89. The van der Waals surface area contributed by atoms with E-state index in [4.69, 9.17) is 14.2 Å². The number of carbonyl (C=O) groups excluding carboxylic acids is 1. The molecule has 0 amide bonds. The summed E-state index contributed by atoms with van der Waals surface area (Å²) >= 11 is 0. The molecule has 7 aromatic rings. The molecule has 0 fully saturated rings. The molecule has 0 N–H and O–H groups in total. The van der Waals surface area contributed by atoms with Crippen molar-refractivity contribution in [1.82, 2.24) is 23.9 Å². The van der Waals surface area contributed by atoms with Gasteiger partial charge in [0.05, 0.1) is 30.3 Å². The van der Waals surface area contributed by atoms with Crippen LogP contribution in [0.4, 0.5) is 17.6 Å². The van der Waals surface area contributed by atoms with Gasteiger partial charge in [-0.15, -0.1) is 10.2 Å². The number of carbonyl (C=O) groups is 1. The lowest BCUT2D eigenvalue weighted by atomic mass is 9.76. The summed E-state index contributed by atoms with van der Waals surface area (Å²) in [6, 6.07) is 33.3. The summed E-state index contributed by atoms with van der Waals surface area (Å²) in [7, 11) is 2.62. The smallest absolute Gasteiger partial charge is 0.416 e. The Morgan fingerprint density at radius 2 is 1.41 bits per heavy atom. The molecule has 2 heterocycles. The van der Waals surface area contributed by atoms with E-state index in [9.17, 15) is 22.8 Å². The van der Waals surface area contributed by atoms with Crippen molar-refractivity contribution < 1.29 is 36.6 Å². The van der Waals surface area contributed by atoms with E-state index in [-0.39, 0.29) is 46.9 Å². The average Bonchev–Trinajstić information content (AvgIpc) is 3.76. The number of nitrogens with zero attached hydrogens (tertiary/aromatic N) is 5. The minimum atomic E-state index is -4.85. The second-order valence-electron chi connectivity index (χ2n) is 12.8. The van der Waals surface area contributed by atoms with Crippen molar-refractivity contribution in [3.63, 3.8) is 0 Å². The molecule has 5 aromatic carbocycles. The largest absolute Gasteiger partial charge is 0.493 e. The highest BCUT2D eigenvalue weighted by Crippen LogP contribution is 2.43. The number of halogens is 4. The molecule has 0 saturated carbocycles. The first-order valence-corrected chi connectivity index (χ1v) is 17.5. The van der Waals surface area contributed by atoms with Crippen LogP contribution in [0.15, 0.2) is 126 Å². The zero-order chi connectivity index (χ0) is 39.6. The standard InChI is InChI=1S/C42H35F4N5O5/c1-4-55-37(52)24-50-34-23-31(42(44,45)46)22-32(38(34)49(2)40(50)53)27-20-33(43)39(35(21-27)54-3)56-25-36-48-47-26-51(36)41(28-14-8-5-9-15-28,29-16-10-6-11-17-29)30-18-12-7-13-19-30/h5-23,26H,4,24-25H2,1-3H3. The first kappa shape index (κ1) is 37.6. The molecule has 0 aliphatic rings. The maximum Gasteiger partial charge on any atom is 0.416 e. The molecular formula is C42H35F4N5O5. The number of alkyl halides is 3. The number of hydrogen-bond donors (Lipinski definition) is 0. The fourth-order valence-corrected chi connectivity index (χ4v) is 7.17. The lowest BCUT2D eigenvalue weighted by molar-refractivity contribution is -0.143. The Kier molecular flexibility index (Phi) is 10.2. The third-order valence-electron chi connectivity index (χ3n) is 9.59. The molecule has 2 aromatic heterocycles. The van der Waals surface area contributed by atoms with Crippen molar-refractivity contribution in [2.24, 2.45) is 7.05 Å². The van der Waals surface area contributed by atoms with Gasteiger partial charge in [0.25, 0.3) is 0 Å². The van der Waals surface area contributed by atoms with E-state index < -0.39 is 41.3 Å². The quantitative estimate of drug-likeness (QED) is 0.0713. The summed E-state index contributed by atoms with van der Waals surface area (Å²) in [5.41, 5.74) is -0.498. The number of aromatic nitrogens is 5. The second kappa shape index (κ2) is 15.2. The van der Waals surface area contributed by atoms with Crippen LogP contribution in [0.5, 0.6) is 11.5 Å². The molecule has 56 heavy (non-hydrogen) atoms. The monoisotopic (exact) mass is 765 g/mol. The van der Waals surface area contributed by atoms with Gasteiger partial charge < -0.3 is 14.2 Å². The van der Waals surface area contributed by atoms with E-state index in [0.29, 0.717) is 5.82 Å². The minimum absolute atomic E-state index is 0.0112. The zero-order valence-electron chi connectivity index (χ0n) is 30.5. The maximum absolute atomic E-state index is 16.3. The number of fused-ring (bicyclic) bond motifs is 1. The van der Waals surface area contributed by atoms with E-state index in [2.05, 4.69) is 10.2 Å². The van der Waals surface area contributed by atoms with Gasteiger partial charge in [-0.1, -0.05) is 91.0 Å². The normalized spacial score (nSPS) is 11.8. The average molecular weight is 766 g/mol. The predicted octanol–water partition coefficient (Wildman–Crippen LogP) is 7.75. The van der Waals surface area contributed by atoms with Gasteiger partial charge in [-0.05, 0) is 53.4 Å². The molecule has 0 aliphatic heterocycles. The van der Waals surface area contributed by atoms with Crippen LogP contribution < -0.4 is 15.2 Å². The van der Waals surface area contributed by atoms with E-state index in [0.717, 1.165) is 44.0 Å². The van der Waals surface area contributed by atoms with Gasteiger partial charge >= 0.3 is 17.8 Å². The molecule has 286 valence electrons. The molecule has 14 heteroatoms. The fraction of sp³-hybridized carbons (Fsp3) is 0.190. The fourth-order valence-electron chi connectivity index (χ4n) is 7.17. The molecule has 0 saturated heterocycles. The zero-order valence-corrected chi connectivity index (χ0v) is 30.5. The molecule has 0 aliphatic carbocycles. The number of imidazole rings is 1. The third kappa shape index (κ3) is 6.67. The van der Waals surface area contributed by atoms with E-state index in [1.165, 1.54) is 20.2 Å². The van der Waals surface area contributed by atoms with Crippen LogP contribution in [0.2, 0.25) is 0 Å². The Morgan fingerprint density at radius 3 is 1.95 bits per heavy atom.